The van der Waals surface area contributed by atoms with Crippen LogP contribution in [0.2, 0.25) is 0 Å². The van der Waals surface area contributed by atoms with Crippen molar-refractivity contribution in [2.45, 2.75) is 19.3 Å². The van der Waals surface area contributed by atoms with E-state index in [0.717, 1.165) is 22.1 Å². The van der Waals surface area contributed by atoms with Crippen LogP contribution in [0.5, 0.6) is 0 Å². The summed E-state index contributed by atoms with van der Waals surface area (Å²) in [4.78, 5) is 26.0. The Bertz CT molecular complexity index is 728. The van der Waals surface area contributed by atoms with E-state index in [4.69, 9.17) is 0 Å². The third-order valence-corrected chi connectivity index (χ3v) is 4.35. The summed E-state index contributed by atoms with van der Waals surface area (Å²) in [7, 11) is 0. The number of benzene rings is 2. The van der Waals surface area contributed by atoms with Crippen LogP contribution in [-0.2, 0) is 16.0 Å². The fraction of sp³-hybridized carbons (Fsp3) is 0.222. The third kappa shape index (κ3) is 3.79. The number of para-hydroxylation sites is 2. The van der Waals surface area contributed by atoms with Gasteiger partial charge >= 0.3 is 0 Å². The van der Waals surface area contributed by atoms with Crippen molar-refractivity contribution in [1.82, 2.24) is 0 Å². The number of halogens is 1. The number of carbonyl (C=O) groups is 2. The van der Waals surface area contributed by atoms with Gasteiger partial charge < -0.3 is 10.2 Å². The highest BCUT2D eigenvalue weighted by Gasteiger charge is 2.24. The Kier molecular flexibility index (Phi) is 4.76. The predicted molar refractivity (Wildman–Crippen MR) is 94.5 cm³/mol. The van der Waals surface area contributed by atoms with Gasteiger partial charge in [0.2, 0.25) is 11.8 Å². The first-order valence-corrected chi connectivity index (χ1v) is 8.36. The van der Waals surface area contributed by atoms with Gasteiger partial charge in [0, 0.05) is 17.4 Å². The van der Waals surface area contributed by atoms with E-state index in [1.54, 1.807) is 4.90 Å². The normalized spacial score (nSPS) is 14.1. The summed E-state index contributed by atoms with van der Waals surface area (Å²) < 4.78 is 0.986. The molecule has 0 unspecified atom stereocenters. The molecule has 5 heteroatoms. The highest BCUT2D eigenvalue weighted by Crippen LogP contribution is 2.29. The van der Waals surface area contributed by atoms with Gasteiger partial charge in [-0.15, -0.1) is 0 Å². The largest absolute Gasteiger partial charge is 0.324 e. The number of nitrogens with one attached hydrogen (secondary N) is 1. The van der Waals surface area contributed by atoms with Crippen LogP contribution < -0.4 is 10.2 Å². The molecule has 0 aromatic heterocycles. The molecule has 1 heterocycles. The molecule has 0 atom stereocenters. The first kappa shape index (κ1) is 15.7. The summed E-state index contributed by atoms with van der Waals surface area (Å²) in [5.41, 5.74) is 2.41. The van der Waals surface area contributed by atoms with Gasteiger partial charge in [-0.2, -0.15) is 0 Å². The Hall–Kier alpha value is -2.14. The van der Waals surface area contributed by atoms with Gasteiger partial charge in [-0.1, -0.05) is 40.2 Å². The second kappa shape index (κ2) is 6.96. The lowest BCUT2D eigenvalue weighted by atomic mass is 10.1. The van der Waals surface area contributed by atoms with Crippen LogP contribution in [0.4, 0.5) is 11.4 Å². The SMILES string of the molecule is O=C(Cc1ccc(Br)cc1)Nc1ccccc1N1CCCC1=O. The molecule has 1 N–H and O–H groups in total. The van der Waals surface area contributed by atoms with Crippen molar-refractivity contribution in [2.75, 3.05) is 16.8 Å². The van der Waals surface area contributed by atoms with Gasteiger partial charge in [0.1, 0.15) is 0 Å². The van der Waals surface area contributed by atoms with Gasteiger partial charge in [0.25, 0.3) is 0 Å². The van der Waals surface area contributed by atoms with Crippen molar-refractivity contribution in [3.8, 4) is 0 Å². The minimum Gasteiger partial charge on any atom is -0.324 e. The van der Waals surface area contributed by atoms with E-state index in [0.29, 0.717) is 25.1 Å². The molecule has 0 aliphatic carbocycles. The average molecular weight is 373 g/mol. The minimum absolute atomic E-state index is 0.0913. The molecule has 0 bridgehead atoms. The number of hydrogen-bond acceptors (Lipinski definition) is 2. The van der Waals surface area contributed by atoms with Gasteiger partial charge in [0.15, 0.2) is 0 Å². The standard InChI is InChI=1S/C18H17BrN2O2/c19-14-9-7-13(8-10-14)12-17(22)20-15-4-1-2-5-16(15)21-11-3-6-18(21)23/h1-2,4-5,7-10H,3,6,11-12H2,(H,20,22). The number of nitrogens with zero attached hydrogens (tertiary/aromatic N) is 1. The van der Waals surface area contributed by atoms with Crippen molar-refractivity contribution in [2.24, 2.45) is 0 Å². The zero-order valence-electron chi connectivity index (χ0n) is 12.6. The fourth-order valence-electron chi connectivity index (χ4n) is 2.70. The van der Waals surface area contributed by atoms with Crippen molar-refractivity contribution in [1.29, 1.82) is 0 Å². The minimum atomic E-state index is -0.0913. The van der Waals surface area contributed by atoms with E-state index < -0.39 is 0 Å². The second-order valence-electron chi connectivity index (χ2n) is 5.52. The molecule has 4 nitrogen and oxygen atoms in total. The first-order valence-electron chi connectivity index (χ1n) is 7.57. The zero-order chi connectivity index (χ0) is 16.2. The zero-order valence-corrected chi connectivity index (χ0v) is 14.2. The van der Waals surface area contributed by atoms with Crippen LogP contribution in [0.3, 0.4) is 0 Å². The lowest BCUT2D eigenvalue weighted by molar-refractivity contribution is -0.117. The van der Waals surface area contributed by atoms with Crippen LogP contribution in [0.25, 0.3) is 0 Å². The second-order valence-corrected chi connectivity index (χ2v) is 6.43. The summed E-state index contributed by atoms with van der Waals surface area (Å²) in [5, 5.41) is 2.93. The Morgan fingerprint density at radius 3 is 2.57 bits per heavy atom. The number of rotatable bonds is 4. The van der Waals surface area contributed by atoms with Crippen LogP contribution in [0.15, 0.2) is 53.0 Å². The van der Waals surface area contributed by atoms with Crippen LogP contribution in [-0.4, -0.2) is 18.4 Å². The van der Waals surface area contributed by atoms with Gasteiger partial charge in [0.05, 0.1) is 17.8 Å². The van der Waals surface area contributed by atoms with E-state index in [1.807, 2.05) is 48.5 Å². The monoisotopic (exact) mass is 372 g/mol. The lowest BCUT2D eigenvalue weighted by Gasteiger charge is -2.20. The van der Waals surface area contributed by atoms with Crippen molar-refractivity contribution < 1.29 is 9.59 Å². The van der Waals surface area contributed by atoms with Gasteiger partial charge in [-0.05, 0) is 36.2 Å². The van der Waals surface area contributed by atoms with E-state index in [1.165, 1.54) is 0 Å². The molecule has 118 valence electrons. The summed E-state index contributed by atoms with van der Waals surface area (Å²) in [5.74, 6) is 0.0195. The Morgan fingerprint density at radius 2 is 1.87 bits per heavy atom. The van der Waals surface area contributed by atoms with Crippen molar-refractivity contribution in [3.63, 3.8) is 0 Å². The molecule has 0 saturated carbocycles. The quantitative estimate of drug-likeness (QED) is 0.887. The van der Waals surface area contributed by atoms with Crippen LogP contribution in [0.1, 0.15) is 18.4 Å². The topological polar surface area (TPSA) is 49.4 Å². The molecule has 0 spiro atoms. The van der Waals surface area contributed by atoms with Crippen molar-refractivity contribution >= 4 is 39.1 Å². The molecule has 1 aliphatic heterocycles. The maximum Gasteiger partial charge on any atom is 0.228 e. The number of amides is 2. The van der Waals surface area contributed by atoms with E-state index in [2.05, 4.69) is 21.2 Å². The Labute approximate surface area is 143 Å². The van der Waals surface area contributed by atoms with E-state index in [-0.39, 0.29) is 11.8 Å². The average Bonchev–Trinajstić information content (AvgIpc) is 2.96. The van der Waals surface area contributed by atoms with Crippen LogP contribution >= 0.6 is 15.9 Å². The molecule has 1 saturated heterocycles. The van der Waals surface area contributed by atoms with E-state index >= 15 is 0 Å². The molecular weight excluding hydrogens is 356 g/mol. The molecule has 1 aliphatic rings. The third-order valence-electron chi connectivity index (χ3n) is 3.82. The molecule has 2 aromatic rings. The molecule has 3 rings (SSSR count). The smallest absolute Gasteiger partial charge is 0.228 e. The fourth-order valence-corrected chi connectivity index (χ4v) is 2.96. The summed E-state index contributed by atoms with van der Waals surface area (Å²) in [6.07, 6.45) is 1.73. The molecular formula is C18H17BrN2O2. The maximum atomic E-state index is 12.3. The Morgan fingerprint density at radius 1 is 1.13 bits per heavy atom. The van der Waals surface area contributed by atoms with Gasteiger partial charge in [-0.3, -0.25) is 9.59 Å². The number of hydrogen-bond donors (Lipinski definition) is 1. The molecule has 2 aromatic carbocycles. The highest BCUT2D eigenvalue weighted by molar-refractivity contribution is 9.10. The molecule has 23 heavy (non-hydrogen) atoms. The number of anilines is 2. The van der Waals surface area contributed by atoms with Crippen molar-refractivity contribution in [3.05, 3.63) is 58.6 Å². The first-order chi connectivity index (χ1) is 11.1. The highest BCUT2D eigenvalue weighted by atomic mass is 79.9. The maximum absolute atomic E-state index is 12.3. The van der Waals surface area contributed by atoms with Crippen LogP contribution in [0, 0.1) is 0 Å². The molecule has 0 radical (unpaired) electrons. The summed E-state index contributed by atoms with van der Waals surface area (Å²) in [6, 6.07) is 15.1. The Balaban J connectivity index is 1.73. The lowest BCUT2D eigenvalue weighted by Crippen LogP contribution is -2.25. The summed E-state index contributed by atoms with van der Waals surface area (Å²) >= 11 is 3.38. The number of carbonyl (C=O) groups excluding carboxylic acids is 2. The summed E-state index contributed by atoms with van der Waals surface area (Å²) in [6.45, 7) is 0.707. The molecule has 1 fully saturated rings. The predicted octanol–water partition coefficient (Wildman–Crippen LogP) is 3.76. The van der Waals surface area contributed by atoms with E-state index in [9.17, 15) is 9.59 Å². The molecule has 2 amide bonds. The van der Waals surface area contributed by atoms with Gasteiger partial charge in [-0.25, -0.2) is 0 Å².